The Morgan fingerprint density at radius 1 is 1.06 bits per heavy atom. The molecule has 1 saturated heterocycles. The molecular weight excluding hydrogens is 390 g/mol. The molecule has 0 bridgehead atoms. The number of benzene rings is 1. The first-order valence-corrected chi connectivity index (χ1v) is 10.7. The molecule has 1 aliphatic carbocycles. The van der Waals surface area contributed by atoms with E-state index in [1.807, 2.05) is 48.8 Å². The molecule has 0 radical (unpaired) electrons. The molecule has 158 valence electrons. The van der Waals surface area contributed by atoms with Crippen molar-refractivity contribution in [1.29, 1.82) is 0 Å². The van der Waals surface area contributed by atoms with Gasteiger partial charge in [0, 0.05) is 48.7 Å². The number of piperidine rings is 1. The normalized spacial score (nSPS) is 22.6. The average Bonchev–Trinajstić information content (AvgIpc) is 3.05. The van der Waals surface area contributed by atoms with Crippen LogP contribution in [0.5, 0.6) is 0 Å². The summed E-state index contributed by atoms with van der Waals surface area (Å²) in [6.45, 7) is 6.00. The number of aryl methyl sites for hydroxylation is 2. The molecule has 7 heteroatoms. The van der Waals surface area contributed by atoms with Crippen molar-refractivity contribution in [2.24, 2.45) is 11.8 Å². The van der Waals surface area contributed by atoms with E-state index in [0.29, 0.717) is 22.9 Å². The Morgan fingerprint density at radius 2 is 1.84 bits per heavy atom. The van der Waals surface area contributed by atoms with E-state index in [9.17, 15) is 4.79 Å². The highest BCUT2D eigenvalue weighted by atomic mass is 16.4. The summed E-state index contributed by atoms with van der Waals surface area (Å²) in [7, 11) is 4.33. The Kier molecular flexibility index (Phi) is 3.84. The van der Waals surface area contributed by atoms with E-state index < -0.39 is 0 Å². The van der Waals surface area contributed by atoms with E-state index in [-0.39, 0.29) is 5.63 Å². The van der Waals surface area contributed by atoms with E-state index in [1.54, 1.807) is 0 Å². The first-order valence-electron chi connectivity index (χ1n) is 10.7. The molecule has 2 aliphatic rings. The van der Waals surface area contributed by atoms with Crippen LogP contribution in [0.25, 0.3) is 27.9 Å². The predicted octanol–water partition coefficient (Wildman–Crippen LogP) is 3.12. The summed E-state index contributed by atoms with van der Waals surface area (Å²) in [4.78, 5) is 26.7. The van der Waals surface area contributed by atoms with Crippen LogP contribution in [0.3, 0.4) is 0 Å². The molecule has 7 nitrogen and oxygen atoms in total. The first kappa shape index (κ1) is 18.6. The van der Waals surface area contributed by atoms with Crippen molar-refractivity contribution in [2.45, 2.75) is 19.9 Å². The van der Waals surface area contributed by atoms with Crippen LogP contribution in [-0.4, -0.2) is 52.5 Å². The summed E-state index contributed by atoms with van der Waals surface area (Å²) in [5.74, 6) is 1.49. The van der Waals surface area contributed by atoms with Crippen molar-refractivity contribution < 1.29 is 4.42 Å². The molecule has 1 saturated carbocycles. The highest BCUT2D eigenvalue weighted by Crippen LogP contribution is 2.49. The SMILES string of the molecule is Cc1cn2cc(-c3cc4ccc(N5C[C@@H]6[C@H](C5)[C@H]6N(C)C)cc4oc3=O)nc2c(C)n1. The first-order chi connectivity index (χ1) is 14.9. The van der Waals surface area contributed by atoms with Gasteiger partial charge in [0.25, 0.3) is 0 Å². The van der Waals surface area contributed by atoms with Gasteiger partial charge >= 0.3 is 5.63 Å². The van der Waals surface area contributed by atoms with Gasteiger partial charge in [0.05, 0.1) is 22.6 Å². The fraction of sp³-hybridized carbons (Fsp3) is 0.375. The van der Waals surface area contributed by atoms with Gasteiger partial charge in [-0.15, -0.1) is 0 Å². The topological polar surface area (TPSA) is 66.9 Å². The zero-order valence-corrected chi connectivity index (χ0v) is 18.2. The molecule has 31 heavy (non-hydrogen) atoms. The molecule has 2 fully saturated rings. The Labute approximate surface area is 179 Å². The Hall–Kier alpha value is -3.19. The maximum Gasteiger partial charge on any atom is 0.345 e. The molecular formula is C24H25N5O2. The van der Waals surface area contributed by atoms with E-state index >= 15 is 0 Å². The third-order valence-electron chi connectivity index (χ3n) is 6.83. The zero-order valence-electron chi connectivity index (χ0n) is 18.2. The van der Waals surface area contributed by atoms with Crippen molar-refractivity contribution in [3.63, 3.8) is 0 Å². The Morgan fingerprint density at radius 3 is 2.58 bits per heavy atom. The number of nitrogens with zero attached hydrogens (tertiary/aromatic N) is 5. The van der Waals surface area contributed by atoms with E-state index in [1.165, 1.54) is 0 Å². The summed E-state index contributed by atoms with van der Waals surface area (Å²) < 4.78 is 7.66. The number of rotatable bonds is 3. The maximum absolute atomic E-state index is 12.8. The van der Waals surface area contributed by atoms with Crippen LogP contribution in [0.1, 0.15) is 11.4 Å². The van der Waals surface area contributed by atoms with Gasteiger partial charge in [0.1, 0.15) is 5.58 Å². The average molecular weight is 415 g/mol. The molecule has 0 spiro atoms. The van der Waals surface area contributed by atoms with Crippen LogP contribution in [0.2, 0.25) is 0 Å². The Bertz CT molecular complexity index is 1390. The largest absolute Gasteiger partial charge is 0.422 e. The second-order valence-corrected chi connectivity index (χ2v) is 9.18. The van der Waals surface area contributed by atoms with Gasteiger partial charge in [-0.05, 0) is 58.0 Å². The van der Waals surface area contributed by atoms with Crippen LogP contribution < -0.4 is 10.5 Å². The van der Waals surface area contributed by atoms with Crippen LogP contribution in [0.4, 0.5) is 5.69 Å². The molecule has 3 atom stereocenters. The second kappa shape index (κ2) is 6.40. The lowest BCUT2D eigenvalue weighted by Gasteiger charge is -2.24. The number of imidazole rings is 1. The third kappa shape index (κ3) is 2.87. The smallest absolute Gasteiger partial charge is 0.345 e. The van der Waals surface area contributed by atoms with Gasteiger partial charge in [0.15, 0.2) is 5.65 Å². The molecule has 1 aliphatic heterocycles. The minimum atomic E-state index is -0.368. The number of anilines is 1. The van der Waals surface area contributed by atoms with Crippen molar-refractivity contribution >= 4 is 22.3 Å². The van der Waals surface area contributed by atoms with Gasteiger partial charge in [-0.1, -0.05) is 0 Å². The van der Waals surface area contributed by atoms with Gasteiger partial charge < -0.3 is 18.6 Å². The molecule has 4 aromatic rings. The fourth-order valence-electron chi connectivity index (χ4n) is 5.38. The molecule has 6 rings (SSSR count). The molecule has 1 aromatic carbocycles. The van der Waals surface area contributed by atoms with Crippen LogP contribution >= 0.6 is 0 Å². The van der Waals surface area contributed by atoms with Crippen molar-refractivity contribution in [3.8, 4) is 11.3 Å². The van der Waals surface area contributed by atoms with E-state index in [4.69, 9.17) is 4.42 Å². The van der Waals surface area contributed by atoms with Gasteiger partial charge in [-0.2, -0.15) is 0 Å². The van der Waals surface area contributed by atoms with Crippen LogP contribution in [-0.2, 0) is 0 Å². The molecule has 3 aromatic heterocycles. The minimum absolute atomic E-state index is 0.368. The summed E-state index contributed by atoms with van der Waals surface area (Å²) >= 11 is 0. The molecule has 0 unspecified atom stereocenters. The number of hydrogen-bond donors (Lipinski definition) is 0. The molecule has 0 amide bonds. The lowest BCUT2D eigenvalue weighted by atomic mass is 10.1. The lowest BCUT2D eigenvalue weighted by Crippen LogP contribution is -2.30. The number of aromatic nitrogens is 3. The van der Waals surface area contributed by atoms with Crippen molar-refractivity contribution in [3.05, 3.63) is 58.5 Å². The molecule has 0 N–H and O–H groups in total. The zero-order chi connectivity index (χ0) is 21.4. The van der Waals surface area contributed by atoms with Gasteiger partial charge in [-0.25, -0.2) is 9.78 Å². The van der Waals surface area contributed by atoms with Gasteiger partial charge in [-0.3, -0.25) is 4.98 Å². The Balaban J connectivity index is 1.34. The van der Waals surface area contributed by atoms with Crippen molar-refractivity contribution in [1.82, 2.24) is 19.3 Å². The van der Waals surface area contributed by atoms with Gasteiger partial charge in [0.2, 0.25) is 0 Å². The summed E-state index contributed by atoms with van der Waals surface area (Å²) in [6, 6.07) is 8.76. The maximum atomic E-state index is 12.8. The highest BCUT2D eigenvalue weighted by Gasteiger charge is 2.56. The predicted molar refractivity (Wildman–Crippen MR) is 121 cm³/mol. The van der Waals surface area contributed by atoms with Crippen LogP contribution in [0.15, 0.2) is 45.9 Å². The minimum Gasteiger partial charge on any atom is -0.422 e. The summed E-state index contributed by atoms with van der Waals surface area (Å²) in [6.07, 6.45) is 3.77. The third-order valence-corrected chi connectivity index (χ3v) is 6.83. The number of fused-ring (bicyclic) bond motifs is 3. The fourth-order valence-corrected chi connectivity index (χ4v) is 5.38. The second-order valence-electron chi connectivity index (χ2n) is 9.18. The van der Waals surface area contributed by atoms with Crippen LogP contribution in [0, 0.1) is 25.7 Å². The quantitative estimate of drug-likeness (QED) is 0.479. The van der Waals surface area contributed by atoms with E-state index in [2.05, 4.69) is 39.9 Å². The standard InChI is InChI=1S/C24H25N5O2/c1-13-9-29-12-20(26-23(29)14(2)25-13)17-7-15-5-6-16(8-21(15)31-24(17)30)28-10-18-19(11-28)22(18)27(3)4/h5-9,12,18-19,22H,10-11H2,1-4H3/t18-,19+,22+. The summed E-state index contributed by atoms with van der Waals surface area (Å²) in [5, 5.41) is 0.900. The highest BCUT2D eigenvalue weighted by molar-refractivity contribution is 5.84. The van der Waals surface area contributed by atoms with Crippen molar-refractivity contribution in [2.75, 3.05) is 32.1 Å². The monoisotopic (exact) mass is 415 g/mol. The number of hydrogen-bond acceptors (Lipinski definition) is 6. The summed E-state index contributed by atoms with van der Waals surface area (Å²) in [5.41, 5.74) is 4.93. The molecule has 4 heterocycles. The lowest BCUT2D eigenvalue weighted by molar-refractivity contribution is 0.357. The van der Waals surface area contributed by atoms with E-state index in [0.717, 1.165) is 53.0 Å².